The van der Waals surface area contributed by atoms with Crippen molar-refractivity contribution in [1.29, 1.82) is 0 Å². The molecular weight excluding hydrogens is 242 g/mol. The standard InChI is InChI=1S/C15H21NO3/c1-2-19-14-7-3-5-10-11(6-4-8-15(17)18)13(16)9-12(10)14/h3,5,7,11,13H,2,4,6,8-9,16H2,1H3,(H,17,18). The molecule has 19 heavy (non-hydrogen) atoms. The Hall–Kier alpha value is -1.55. The average molecular weight is 263 g/mol. The summed E-state index contributed by atoms with van der Waals surface area (Å²) in [6.45, 7) is 2.62. The molecule has 3 N–H and O–H groups in total. The van der Waals surface area contributed by atoms with Gasteiger partial charge in [0.2, 0.25) is 0 Å². The van der Waals surface area contributed by atoms with Gasteiger partial charge in [0, 0.05) is 12.5 Å². The summed E-state index contributed by atoms with van der Waals surface area (Å²) in [4.78, 5) is 10.6. The molecule has 0 aliphatic heterocycles. The van der Waals surface area contributed by atoms with E-state index in [0.717, 1.165) is 18.6 Å². The van der Waals surface area contributed by atoms with Crippen LogP contribution in [0.2, 0.25) is 0 Å². The summed E-state index contributed by atoms with van der Waals surface area (Å²) in [5.41, 5.74) is 8.65. The number of hydrogen-bond donors (Lipinski definition) is 2. The number of ether oxygens (including phenoxy) is 1. The van der Waals surface area contributed by atoms with Gasteiger partial charge in [0.25, 0.3) is 0 Å². The van der Waals surface area contributed by atoms with E-state index in [0.29, 0.717) is 13.0 Å². The van der Waals surface area contributed by atoms with Crippen LogP contribution in [0.1, 0.15) is 43.2 Å². The Morgan fingerprint density at radius 3 is 3.00 bits per heavy atom. The quantitative estimate of drug-likeness (QED) is 0.826. The Kier molecular flexibility index (Phi) is 4.43. The molecule has 4 nitrogen and oxygen atoms in total. The molecule has 1 aliphatic rings. The molecule has 1 aromatic rings. The van der Waals surface area contributed by atoms with Gasteiger partial charge in [-0.1, -0.05) is 12.1 Å². The van der Waals surface area contributed by atoms with Crippen molar-refractivity contribution in [3.05, 3.63) is 29.3 Å². The molecule has 2 atom stereocenters. The molecule has 4 heteroatoms. The van der Waals surface area contributed by atoms with Crippen molar-refractivity contribution in [2.24, 2.45) is 5.73 Å². The highest BCUT2D eigenvalue weighted by atomic mass is 16.5. The number of carboxylic acids is 1. The first-order valence-electron chi connectivity index (χ1n) is 6.85. The fourth-order valence-electron chi connectivity index (χ4n) is 2.89. The molecule has 2 unspecified atom stereocenters. The monoisotopic (exact) mass is 263 g/mol. The normalized spacial score (nSPS) is 21.2. The van der Waals surface area contributed by atoms with E-state index in [4.69, 9.17) is 15.6 Å². The Morgan fingerprint density at radius 2 is 2.32 bits per heavy atom. The molecule has 0 saturated heterocycles. The number of benzene rings is 1. The van der Waals surface area contributed by atoms with Gasteiger partial charge in [-0.2, -0.15) is 0 Å². The van der Waals surface area contributed by atoms with Gasteiger partial charge < -0.3 is 15.6 Å². The Morgan fingerprint density at radius 1 is 1.53 bits per heavy atom. The number of nitrogens with two attached hydrogens (primary N) is 1. The summed E-state index contributed by atoms with van der Waals surface area (Å²) in [7, 11) is 0. The van der Waals surface area contributed by atoms with Crippen molar-refractivity contribution in [3.63, 3.8) is 0 Å². The minimum absolute atomic E-state index is 0.0744. The first-order chi connectivity index (χ1) is 9.13. The predicted molar refractivity (Wildman–Crippen MR) is 73.5 cm³/mol. The number of rotatable bonds is 6. The van der Waals surface area contributed by atoms with E-state index in [9.17, 15) is 4.79 Å². The first kappa shape index (κ1) is 13.9. The molecule has 0 amide bonds. The van der Waals surface area contributed by atoms with Crippen molar-refractivity contribution < 1.29 is 14.6 Å². The molecule has 0 saturated carbocycles. The molecule has 0 bridgehead atoms. The topological polar surface area (TPSA) is 72.5 Å². The summed E-state index contributed by atoms with van der Waals surface area (Å²) in [5, 5.41) is 8.71. The molecule has 0 spiro atoms. The zero-order chi connectivity index (χ0) is 13.8. The van der Waals surface area contributed by atoms with Crippen LogP contribution in [-0.4, -0.2) is 23.7 Å². The van der Waals surface area contributed by atoms with Gasteiger partial charge in [-0.3, -0.25) is 4.79 Å². The summed E-state index contributed by atoms with van der Waals surface area (Å²) in [6, 6.07) is 6.14. The van der Waals surface area contributed by atoms with Crippen LogP contribution in [0, 0.1) is 0 Å². The van der Waals surface area contributed by atoms with Crippen molar-refractivity contribution in [1.82, 2.24) is 0 Å². The van der Waals surface area contributed by atoms with E-state index in [1.54, 1.807) is 0 Å². The van der Waals surface area contributed by atoms with Crippen LogP contribution in [0.25, 0.3) is 0 Å². The van der Waals surface area contributed by atoms with Crippen LogP contribution >= 0.6 is 0 Å². The predicted octanol–water partition coefficient (Wildman–Crippen LogP) is 2.31. The molecule has 0 aromatic heterocycles. The molecule has 0 radical (unpaired) electrons. The van der Waals surface area contributed by atoms with Gasteiger partial charge >= 0.3 is 5.97 Å². The van der Waals surface area contributed by atoms with E-state index in [1.165, 1.54) is 11.1 Å². The number of aliphatic carboxylic acids is 1. The van der Waals surface area contributed by atoms with Gasteiger partial charge in [0.15, 0.2) is 0 Å². The average Bonchev–Trinajstić information content (AvgIpc) is 2.67. The summed E-state index contributed by atoms with van der Waals surface area (Å²) < 4.78 is 5.64. The highest BCUT2D eigenvalue weighted by Crippen LogP contribution is 2.40. The SMILES string of the molecule is CCOc1cccc2c1CC(N)C2CCCC(=O)O. The molecule has 1 aromatic carbocycles. The number of hydrogen-bond acceptors (Lipinski definition) is 3. The largest absolute Gasteiger partial charge is 0.494 e. The van der Waals surface area contributed by atoms with E-state index in [1.807, 2.05) is 19.1 Å². The maximum atomic E-state index is 10.6. The van der Waals surface area contributed by atoms with Gasteiger partial charge in [0.1, 0.15) is 5.75 Å². The lowest BCUT2D eigenvalue weighted by molar-refractivity contribution is -0.137. The van der Waals surface area contributed by atoms with Crippen LogP contribution in [0.4, 0.5) is 0 Å². The first-order valence-corrected chi connectivity index (χ1v) is 6.85. The fourth-order valence-corrected chi connectivity index (χ4v) is 2.89. The fraction of sp³-hybridized carbons (Fsp3) is 0.533. The van der Waals surface area contributed by atoms with E-state index < -0.39 is 5.97 Å². The number of fused-ring (bicyclic) bond motifs is 1. The Labute approximate surface area is 113 Å². The molecule has 2 rings (SSSR count). The highest BCUT2D eigenvalue weighted by Gasteiger charge is 2.31. The summed E-state index contributed by atoms with van der Waals surface area (Å²) in [6.07, 6.45) is 2.54. The van der Waals surface area contributed by atoms with Crippen molar-refractivity contribution in [2.45, 2.75) is 44.6 Å². The van der Waals surface area contributed by atoms with Crippen LogP contribution < -0.4 is 10.5 Å². The third kappa shape index (κ3) is 3.07. The summed E-state index contributed by atoms with van der Waals surface area (Å²) >= 11 is 0. The molecule has 1 aliphatic carbocycles. The van der Waals surface area contributed by atoms with Crippen LogP contribution in [0.3, 0.4) is 0 Å². The van der Waals surface area contributed by atoms with Gasteiger partial charge in [-0.25, -0.2) is 0 Å². The second-order valence-corrected chi connectivity index (χ2v) is 5.02. The molecule has 0 heterocycles. The second-order valence-electron chi connectivity index (χ2n) is 5.02. The maximum absolute atomic E-state index is 10.6. The maximum Gasteiger partial charge on any atom is 0.303 e. The van der Waals surface area contributed by atoms with Gasteiger partial charge in [-0.05, 0) is 49.3 Å². The Balaban J connectivity index is 2.12. The lowest BCUT2D eigenvalue weighted by Gasteiger charge is -2.16. The lowest BCUT2D eigenvalue weighted by Crippen LogP contribution is -2.25. The highest BCUT2D eigenvalue weighted by molar-refractivity contribution is 5.66. The van der Waals surface area contributed by atoms with Crippen LogP contribution in [-0.2, 0) is 11.2 Å². The van der Waals surface area contributed by atoms with Crippen molar-refractivity contribution >= 4 is 5.97 Å². The third-order valence-electron chi connectivity index (χ3n) is 3.73. The van der Waals surface area contributed by atoms with Gasteiger partial charge in [0.05, 0.1) is 6.61 Å². The van der Waals surface area contributed by atoms with Gasteiger partial charge in [-0.15, -0.1) is 0 Å². The van der Waals surface area contributed by atoms with E-state index in [-0.39, 0.29) is 18.4 Å². The smallest absolute Gasteiger partial charge is 0.303 e. The van der Waals surface area contributed by atoms with Crippen LogP contribution in [0.15, 0.2) is 18.2 Å². The number of carboxylic acid groups (broad SMARTS) is 1. The Bertz CT molecular complexity index is 459. The zero-order valence-corrected chi connectivity index (χ0v) is 11.3. The third-order valence-corrected chi connectivity index (χ3v) is 3.73. The van der Waals surface area contributed by atoms with Crippen LogP contribution in [0.5, 0.6) is 5.75 Å². The minimum atomic E-state index is -0.741. The zero-order valence-electron chi connectivity index (χ0n) is 11.3. The van der Waals surface area contributed by atoms with Crippen molar-refractivity contribution in [3.8, 4) is 5.75 Å². The lowest BCUT2D eigenvalue weighted by atomic mass is 9.93. The molecular formula is C15H21NO3. The number of carbonyl (C=O) groups is 1. The minimum Gasteiger partial charge on any atom is -0.494 e. The molecule has 0 fully saturated rings. The van der Waals surface area contributed by atoms with E-state index >= 15 is 0 Å². The van der Waals surface area contributed by atoms with E-state index in [2.05, 4.69) is 6.07 Å². The molecule has 104 valence electrons. The summed E-state index contributed by atoms with van der Waals surface area (Å²) in [5.74, 6) is 0.445. The second kappa shape index (κ2) is 6.06. The van der Waals surface area contributed by atoms with Crippen molar-refractivity contribution in [2.75, 3.05) is 6.61 Å².